The van der Waals surface area contributed by atoms with Gasteiger partial charge in [0.1, 0.15) is 0 Å². The van der Waals surface area contributed by atoms with E-state index >= 15 is 0 Å². The van der Waals surface area contributed by atoms with E-state index in [9.17, 15) is 0 Å². The van der Waals surface area contributed by atoms with E-state index in [1.807, 2.05) is 55.4 Å². The van der Waals surface area contributed by atoms with Gasteiger partial charge in [-0.3, -0.25) is 0 Å². The van der Waals surface area contributed by atoms with Crippen LogP contribution in [0.4, 0.5) is 0 Å². The van der Waals surface area contributed by atoms with Crippen molar-refractivity contribution < 1.29 is 0 Å². The Morgan fingerprint density at radius 2 is 0.346 bits per heavy atom. The monoisotopic (exact) mass is 383 g/mol. The van der Waals surface area contributed by atoms with Gasteiger partial charge in [0.2, 0.25) is 0 Å². The standard InChI is InChI=1S/C6H14.4C3H8.4C2H6/c1-3-5-6-4-2;4*1-3-2;4*1-2/h3-6H2,1-2H3;4*3H2,1-2H3;4*1-2H3. The predicted molar refractivity (Wildman–Crippen MR) is 139 cm³/mol. The lowest BCUT2D eigenvalue weighted by Crippen LogP contribution is -1.66. The van der Waals surface area contributed by atoms with Crippen LogP contribution < -0.4 is 0 Å². The van der Waals surface area contributed by atoms with Gasteiger partial charge in [0, 0.05) is 0 Å². The summed E-state index contributed by atoms with van der Waals surface area (Å²) in [5.74, 6) is 0. The Balaban J connectivity index is -0.0000000186. The van der Waals surface area contributed by atoms with E-state index in [1.165, 1.54) is 51.4 Å². The smallest absolute Gasteiger partial charge is 0.0536 e. The van der Waals surface area contributed by atoms with Gasteiger partial charge in [0.15, 0.2) is 0 Å². The number of unbranched alkanes of at least 4 members (excludes halogenated alkanes) is 3. The quantitative estimate of drug-likeness (QED) is 0.425. The van der Waals surface area contributed by atoms with Crippen LogP contribution in [-0.2, 0) is 0 Å². The number of rotatable bonds is 3. The van der Waals surface area contributed by atoms with Crippen LogP contribution in [0.15, 0.2) is 0 Å². The first kappa shape index (κ1) is 56.2. The van der Waals surface area contributed by atoms with E-state index in [2.05, 4.69) is 69.2 Å². The molecule has 0 rings (SSSR count). The van der Waals surface area contributed by atoms with Gasteiger partial charge in [-0.1, -0.05) is 176 Å². The summed E-state index contributed by atoms with van der Waals surface area (Å²) in [6, 6.07) is 0. The molecule has 0 aromatic rings. The first-order chi connectivity index (χ1) is 12.6. The van der Waals surface area contributed by atoms with E-state index in [1.54, 1.807) is 0 Å². The Hall–Kier alpha value is 0. The lowest BCUT2D eigenvalue weighted by molar-refractivity contribution is 0.702. The molecule has 0 aromatic heterocycles. The Labute approximate surface area is 176 Å². The van der Waals surface area contributed by atoms with E-state index in [4.69, 9.17) is 0 Å². The molecule has 0 saturated carbocycles. The summed E-state index contributed by atoms with van der Waals surface area (Å²) in [7, 11) is 0. The van der Waals surface area contributed by atoms with Gasteiger partial charge < -0.3 is 0 Å². The first-order valence-electron chi connectivity index (χ1n) is 12.6. The molecule has 0 aliphatic rings. The number of hydrogen-bond acceptors (Lipinski definition) is 0. The minimum absolute atomic E-state index is 1.25. The SMILES string of the molecule is CC.CC.CC.CC.CCC.CCC.CCC.CCC.CCCCCC. The predicted octanol–water partition coefficient (Wildman–Crippen LogP) is 12.4. The zero-order valence-electron chi connectivity index (χ0n) is 23.7. The molecule has 0 aliphatic heterocycles. The van der Waals surface area contributed by atoms with Crippen molar-refractivity contribution in [2.45, 2.75) is 176 Å². The summed E-state index contributed by atoms with van der Waals surface area (Å²) in [6.07, 6.45) is 10.5. The van der Waals surface area contributed by atoms with E-state index < -0.39 is 0 Å². The van der Waals surface area contributed by atoms with Gasteiger partial charge in [-0.15, -0.1) is 0 Å². The third-order valence-electron chi connectivity index (χ3n) is 0.957. The highest BCUT2D eigenvalue weighted by Gasteiger charge is 1.75. The van der Waals surface area contributed by atoms with Gasteiger partial charge in [-0.25, -0.2) is 0 Å². The lowest BCUT2D eigenvalue weighted by Gasteiger charge is -1.86. The van der Waals surface area contributed by atoms with Gasteiger partial charge in [-0.2, -0.15) is 0 Å². The minimum Gasteiger partial charge on any atom is -0.0683 e. The lowest BCUT2D eigenvalue weighted by atomic mass is 10.2. The second-order valence-electron chi connectivity index (χ2n) is 4.54. The first-order valence-corrected chi connectivity index (χ1v) is 12.6. The highest BCUT2D eigenvalue weighted by molar-refractivity contribution is 4.31. The van der Waals surface area contributed by atoms with Gasteiger partial charge >= 0.3 is 0 Å². The number of hydrogen-bond donors (Lipinski definition) is 0. The van der Waals surface area contributed by atoms with E-state index in [0.29, 0.717) is 0 Å². The molecule has 0 heteroatoms. The van der Waals surface area contributed by atoms with Gasteiger partial charge in [-0.05, 0) is 0 Å². The summed E-state index contributed by atoms with van der Waals surface area (Å²) >= 11 is 0. The third kappa shape index (κ3) is 1410. The largest absolute Gasteiger partial charge is 0.0683 e. The van der Waals surface area contributed by atoms with Gasteiger partial charge in [0.05, 0.1) is 0 Å². The summed E-state index contributed by atoms with van der Waals surface area (Å²) in [5.41, 5.74) is 0. The van der Waals surface area contributed by atoms with Crippen molar-refractivity contribution in [3.05, 3.63) is 0 Å². The van der Waals surface area contributed by atoms with Crippen LogP contribution in [0.25, 0.3) is 0 Å². The zero-order valence-corrected chi connectivity index (χ0v) is 23.7. The van der Waals surface area contributed by atoms with Crippen molar-refractivity contribution in [2.75, 3.05) is 0 Å². The maximum Gasteiger partial charge on any atom is -0.0536 e. The molecule has 0 N–H and O–H groups in total. The third-order valence-corrected chi connectivity index (χ3v) is 0.957. The van der Waals surface area contributed by atoms with E-state index in [-0.39, 0.29) is 0 Å². The maximum atomic E-state index is 2.23. The fourth-order valence-electron chi connectivity index (χ4n) is 0.500. The summed E-state index contributed by atoms with van der Waals surface area (Å²) in [4.78, 5) is 0. The molecule has 0 bridgehead atoms. The maximum absolute atomic E-state index is 2.23. The molecule has 0 fully saturated rings. The molecule has 0 saturated heterocycles. The fraction of sp³-hybridized carbons (Fsp3) is 1.00. The molecule has 0 radical (unpaired) electrons. The molecule has 0 amide bonds. The Morgan fingerprint density at radius 1 is 0.269 bits per heavy atom. The van der Waals surface area contributed by atoms with Crippen molar-refractivity contribution in [1.29, 1.82) is 0 Å². The second-order valence-corrected chi connectivity index (χ2v) is 4.54. The molecular formula is C26H70. The highest BCUT2D eigenvalue weighted by atomic mass is 13.8. The fourth-order valence-corrected chi connectivity index (χ4v) is 0.500. The van der Waals surface area contributed by atoms with E-state index in [0.717, 1.165) is 0 Å². The molecule has 0 aromatic carbocycles. The topological polar surface area (TPSA) is 0 Å². The zero-order chi connectivity index (χ0) is 23.7. The van der Waals surface area contributed by atoms with Crippen molar-refractivity contribution in [2.24, 2.45) is 0 Å². The van der Waals surface area contributed by atoms with Crippen molar-refractivity contribution in [1.82, 2.24) is 0 Å². The van der Waals surface area contributed by atoms with Crippen LogP contribution in [0.2, 0.25) is 0 Å². The molecule has 0 spiro atoms. The summed E-state index contributed by atoms with van der Waals surface area (Å²) < 4.78 is 0. The van der Waals surface area contributed by atoms with Crippen LogP contribution >= 0.6 is 0 Å². The van der Waals surface area contributed by atoms with Crippen LogP contribution in [0, 0.1) is 0 Å². The molecule has 26 heavy (non-hydrogen) atoms. The van der Waals surface area contributed by atoms with Crippen LogP contribution in [0.5, 0.6) is 0 Å². The Kier molecular flexibility index (Phi) is 487. The van der Waals surface area contributed by atoms with Crippen molar-refractivity contribution in [3.63, 3.8) is 0 Å². The Bertz CT molecular complexity index is 36.0. The van der Waals surface area contributed by atoms with Crippen molar-refractivity contribution >= 4 is 0 Å². The normalized spacial score (nSPS) is 5.77. The summed E-state index contributed by atoms with van der Waals surface area (Å²) in [6.45, 7) is 37.5. The molecule has 0 aliphatic carbocycles. The molecule has 0 nitrogen and oxygen atoms in total. The highest BCUT2D eigenvalue weighted by Crippen LogP contribution is 1.95. The van der Waals surface area contributed by atoms with Gasteiger partial charge in [0.25, 0.3) is 0 Å². The average molecular weight is 383 g/mol. The molecule has 0 atom stereocenters. The van der Waals surface area contributed by atoms with Crippen LogP contribution in [-0.4, -0.2) is 0 Å². The van der Waals surface area contributed by atoms with Crippen LogP contribution in [0.1, 0.15) is 176 Å². The molecule has 0 heterocycles. The minimum atomic E-state index is 1.25. The second kappa shape index (κ2) is 225. The van der Waals surface area contributed by atoms with Crippen LogP contribution in [0.3, 0.4) is 0 Å². The molecule has 174 valence electrons. The average Bonchev–Trinajstić information content (AvgIpc) is 2.69. The Morgan fingerprint density at radius 3 is 0.385 bits per heavy atom. The van der Waals surface area contributed by atoms with Crippen molar-refractivity contribution in [3.8, 4) is 0 Å². The molecular weight excluding hydrogens is 312 g/mol. The summed E-state index contributed by atoms with van der Waals surface area (Å²) in [5, 5.41) is 0. The molecule has 0 unspecified atom stereocenters.